The maximum atomic E-state index is 12.2. The number of hydrogen-bond acceptors (Lipinski definition) is 7. The second-order valence-electron chi connectivity index (χ2n) is 6.05. The van der Waals surface area contributed by atoms with Crippen molar-refractivity contribution in [2.45, 2.75) is 17.7 Å². The maximum absolute atomic E-state index is 12.2. The molecule has 0 fully saturated rings. The number of carbonyl (C=O) groups excluding carboxylic acids is 2. The highest BCUT2D eigenvalue weighted by Crippen LogP contribution is 2.27. The Kier molecular flexibility index (Phi) is 7.09. The molecule has 3 rings (SSSR count). The van der Waals surface area contributed by atoms with Gasteiger partial charge in [-0.1, -0.05) is 30.0 Å². The highest BCUT2D eigenvalue weighted by Gasteiger charge is 2.12. The van der Waals surface area contributed by atoms with Crippen molar-refractivity contribution in [3.05, 3.63) is 65.2 Å². The minimum Gasteiger partial charge on any atom is -0.369 e. The summed E-state index contributed by atoms with van der Waals surface area (Å²) in [6.45, 7) is 1.83. The Balaban J connectivity index is 1.50. The molecule has 7 nitrogen and oxygen atoms in total. The van der Waals surface area contributed by atoms with E-state index in [1.807, 2.05) is 37.3 Å². The second-order valence-corrected chi connectivity index (χ2v) is 8.36. The van der Waals surface area contributed by atoms with Crippen LogP contribution in [0.1, 0.15) is 10.6 Å². The van der Waals surface area contributed by atoms with Crippen LogP contribution < -0.4 is 11.1 Å². The largest absolute Gasteiger partial charge is 0.369 e. The zero-order valence-electron chi connectivity index (χ0n) is 15.7. The molecule has 1 heterocycles. The van der Waals surface area contributed by atoms with Crippen molar-refractivity contribution < 1.29 is 9.59 Å². The van der Waals surface area contributed by atoms with Crippen molar-refractivity contribution in [1.29, 1.82) is 0 Å². The molecular formula is C20H19N5O2S2. The van der Waals surface area contributed by atoms with Crippen LogP contribution in [0.3, 0.4) is 0 Å². The molecule has 0 aliphatic heterocycles. The molecule has 0 aliphatic rings. The Morgan fingerprint density at radius 2 is 1.72 bits per heavy atom. The lowest BCUT2D eigenvalue weighted by atomic mass is 10.3. The number of azo groups is 1. The third-order valence-electron chi connectivity index (χ3n) is 3.72. The summed E-state index contributed by atoms with van der Waals surface area (Å²) in [6, 6.07) is 16.6. The number of aryl methyl sites for hydroxylation is 1. The molecule has 148 valence electrons. The number of aromatic nitrogens is 1. The van der Waals surface area contributed by atoms with Gasteiger partial charge in [-0.3, -0.25) is 9.59 Å². The number of nitrogens with zero attached hydrogens (tertiary/aromatic N) is 3. The van der Waals surface area contributed by atoms with E-state index in [9.17, 15) is 9.59 Å². The van der Waals surface area contributed by atoms with Crippen LogP contribution in [0, 0.1) is 6.92 Å². The van der Waals surface area contributed by atoms with Gasteiger partial charge in [-0.05, 0) is 43.3 Å². The lowest BCUT2D eigenvalue weighted by molar-refractivity contribution is -0.117. The van der Waals surface area contributed by atoms with E-state index >= 15 is 0 Å². The van der Waals surface area contributed by atoms with Gasteiger partial charge < -0.3 is 11.1 Å². The molecule has 2 amide bonds. The molecule has 0 bridgehead atoms. The molecular weight excluding hydrogens is 406 g/mol. The number of hydrogen-bond donors (Lipinski definition) is 2. The van der Waals surface area contributed by atoms with E-state index in [2.05, 4.69) is 20.5 Å². The zero-order chi connectivity index (χ0) is 20.6. The standard InChI is InChI=1S/C20H19N5O2S2/c1-13-17(11-18(21)26)29-20(22-13)28-12-19(27)23-14-7-9-16(10-8-14)25-24-15-5-3-2-4-6-15/h2-10H,11-12H2,1H3,(H2,21,26)(H,23,27). The van der Waals surface area contributed by atoms with Gasteiger partial charge in [0.1, 0.15) is 0 Å². The zero-order valence-corrected chi connectivity index (χ0v) is 17.3. The molecule has 0 saturated heterocycles. The van der Waals surface area contributed by atoms with Crippen LogP contribution in [0.25, 0.3) is 0 Å². The summed E-state index contributed by atoms with van der Waals surface area (Å²) in [7, 11) is 0. The highest BCUT2D eigenvalue weighted by molar-refractivity contribution is 8.01. The molecule has 0 unspecified atom stereocenters. The van der Waals surface area contributed by atoms with Crippen LogP contribution in [0.2, 0.25) is 0 Å². The van der Waals surface area contributed by atoms with E-state index in [0.717, 1.165) is 20.6 Å². The molecule has 2 aromatic carbocycles. The topological polar surface area (TPSA) is 110 Å². The Bertz CT molecular complexity index is 1020. The number of benzene rings is 2. The Labute approximate surface area is 176 Å². The molecule has 1 aromatic heterocycles. The van der Waals surface area contributed by atoms with Crippen LogP contribution in [0.4, 0.5) is 17.1 Å². The number of rotatable bonds is 8. The Morgan fingerprint density at radius 3 is 2.38 bits per heavy atom. The average Bonchev–Trinajstić information content (AvgIpc) is 3.05. The summed E-state index contributed by atoms with van der Waals surface area (Å²) in [5.41, 5.74) is 8.15. The Hall–Kier alpha value is -3.04. The van der Waals surface area contributed by atoms with E-state index in [1.54, 1.807) is 24.3 Å². The molecule has 0 aliphatic carbocycles. The van der Waals surface area contributed by atoms with Crippen molar-refractivity contribution in [1.82, 2.24) is 4.98 Å². The summed E-state index contributed by atoms with van der Waals surface area (Å²) in [5.74, 6) is -0.311. The van der Waals surface area contributed by atoms with Crippen molar-refractivity contribution in [2.24, 2.45) is 16.0 Å². The summed E-state index contributed by atoms with van der Waals surface area (Å²) in [4.78, 5) is 28.4. The minimum atomic E-state index is -0.391. The molecule has 0 atom stereocenters. The quantitative estimate of drug-likeness (QED) is 0.405. The van der Waals surface area contributed by atoms with Gasteiger partial charge >= 0.3 is 0 Å². The molecule has 3 aromatic rings. The van der Waals surface area contributed by atoms with Crippen molar-refractivity contribution in [2.75, 3.05) is 11.1 Å². The number of primary amides is 1. The van der Waals surface area contributed by atoms with E-state index < -0.39 is 5.91 Å². The number of anilines is 1. The summed E-state index contributed by atoms with van der Waals surface area (Å²) >= 11 is 2.72. The van der Waals surface area contributed by atoms with Crippen molar-refractivity contribution in [3.8, 4) is 0 Å². The van der Waals surface area contributed by atoms with Gasteiger partial charge in [-0.15, -0.1) is 11.3 Å². The lowest BCUT2D eigenvalue weighted by Crippen LogP contribution is -2.13. The molecule has 29 heavy (non-hydrogen) atoms. The third kappa shape index (κ3) is 6.51. The van der Waals surface area contributed by atoms with Gasteiger partial charge in [0.15, 0.2) is 4.34 Å². The van der Waals surface area contributed by atoms with Crippen LogP contribution in [0.5, 0.6) is 0 Å². The number of nitrogens with one attached hydrogen (secondary N) is 1. The summed E-state index contributed by atoms with van der Waals surface area (Å²) in [6.07, 6.45) is 0.171. The van der Waals surface area contributed by atoms with Gasteiger partial charge in [-0.25, -0.2) is 4.98 Å². The van der Waals surface area contributed by atoms with Gasteiger partial charge in [0.2, 0.25) is 11.8 Å². The molecule has 0 spiro atoms. The van der Waals surface area contributed by atoms with Crippen LogP contribution in [0.15, 0.2) is 69.2 Å². The third-order valence-corrected chi connectivity index (χ3v) is 6.02. The fourth-order valence-electron chi connectivity index (χ4n) is 2.33. The van der Waals surface area contributed by atoms with Gasteiger partial charge in [0.05, 0.1) is 29.2 Å². The fraction of sp³-hybridized carbons (Fsp3) is 0.150. The lowest BCUT2D eigenvalue weighted by Gasteiger charge is -2.04. The Morgan fingerprint density at radius 1 is 1.07 bits per heavy atom. The van der Waals surface area contributed by atoms with Crippen LogP contribution in [-0.2, 0) is 16.0 Å². The fourth-order valence-corrected chi connectivity index (χ4v) is 4.37. The SMILES string of the molecule is Cc1nc(SCC(=O)Nc2ccc(N=Nc3ccccc3)cc2)sc1CC(N)=O. The molecule has 0 radical (unpaired) electrons. The smallest absolute Gasteiger partial charge is 0.234 e. The highest BCUT2D eigenvalue weighted by atomic mass is 32.2. The van der Waals surface area contributed by atoms with Crippen molar-refractivity contribution in [3.63, 3.8) is 0 Å². The minimum absolute atomic E-state index is 0.141. The number of nitrogens with two attached hydrogens (primary N) is 1. The molecule has 3 N–H and O–H groups in total. The predicted molar refractivity (Wildman–Crippen MR) is 116 cm³/mol. The number of carbonyl (C=O) groups is 2. The number of amides is 2. The first-order valence-corrected chi connectivity index (χ1v) is 10.5. The second kappa shape index (κ2) is 9.94. The van der Waals surface area contributed by atoms with E-state index in [4.69, 9.17) is 5.73 Å². The maximum Gasteiger partial charge on any atom is 0.234 e. The normalized spacial score (nSPS) is 10.9. The van der Waals surface area contributed by atoms with Gasteiger partial charge in [0.25, 0.3) is 0 Å². The average molecular weight is 426 g/mol. The summed E-state index contributed by atoms with van der Waals surface area (Å²) < 4.78 is 0.741. The van der Waals surface area contributed by atoms with Crippen molar-refractivity contribution >= 4 is 52.0 Å². The van der Waals surface area contributed by atoms with Crippen LogP contribution >= 0.6 is 23.1 Å². The van der Waals surface area contributed by atoms with E-state index in [0.29, 0.717) is 11.4 Å². The first-order valence-electron chi connectivity index (χ1n) is 8.74. The number of thioether (sulfide) groups is 1. The number of thiazole rings is 1. The summed E-state index contributed by atoms with van der Waals surface area (Å²) in [5, 5.41) is 11.2. The monoisotopic (exact) mass is 425 g/mol. The van der Waals surface area contributed by atoms with E-state index in [1.165, 1.54) is 23.1 Å². The van der Waals surface area contributed by atoms with E-state index in [-0.39, 0.29) is 18.1 Å². The molecule has 9 heteroatoms. The first kappa shape index (κ1) is 20.7. The predicted octanol–water partition coefficient (Wildman–Crippen LogP) is 4.63. The first-order chi connectivity index (χ1) is 14.0. The van der Waals surface area contributed by atoms with Crippen LogP contribution in [-0.4, -0.2) is 22.6 Å². The van der Waals surface area contributed by atoms with Gasteiger partial charge in [-0.2, -0.15) is 10.2 Å². The van der Waals surface area contributed by atoms with Gasteiger partial charge in [0, 0.05) is 10.6 Å². The molecule has 0 saturated carbocycles.